The zero-order valence-corrected chi connectivity index (χ0v) is 15.0. The molecule has 1 saturated heterocycles. The van der Waals surface area contributed by atoms with E-state index in [0.717, 1.165) is 31.7 Å². The zero-order valence-electron chi connectivity index (χ0n) is 14.2. The van der Waals surface area contributed by atoms with Gasteiger partial charge in [-0.05, 0) is 29.8 Å². The van der Waals surface area contributed by atoms with Crippen LogP contribution in [-0.4, -0.2) is 48.4 Å². The molecule has 0 atom stereocenters. The summed E-state index contributed by atoms with van der Waals surface area (Å²) in [5.74, 6) is -1.02. The van der Waals surface area contributed by atoms with E-state index in [1.807, 2.05) is 4.90 Å². The predicted octanol–water partition coefficient (Wildman–Crippen LogP) is 3.37. The number of piperazine rings is 1. The van der Waals surface area contributed by atoms with E-state index in [1.54, 1.807) is 18.2 Å². The van der Waals surface area contributed by atoms with Crippen LogP contribution in [0.4, 0.5) is 14.5 Å². The average molecular weight is 380 g/mol. The van der Waals surface area contributed by atoms with Gasteiger partial charge in [0.25, 0.3) is 0 Å². The molecule has 2 aromatic carbocycles. The summed E-state index contributed by atoms with van der Waals surface area (Å²) in [4.78, 5) is 16.3. The molecule has 4 nitrogen and oxygen atoms in total. The van der Waals surface area contributed by atoms with Crippen molar-refractivity contribution in [3.05, 3.63) is 64.7 Å². The number of amides is 1. The van der Waals surface area contributed by atoms with Gasteiger partial charge in [-0.15, -0.1) is 0 Å². The molecule has 7 heteroatoms. The summed E-state index contributed by atoms with van der Waals surface area (Å²) in [5.41, 5.74) is 1.08. The highest BCUT2D eigenvalue weighted by molar-refractivity contribution is 6.31. The average Bonchev–Trinajstić information content (AvgIpc) is 2.61. The van der Waals surface area contributed by atoms with Crippen molar-refractivity contribution in [1.29, 1.82) is 0 Å². The van der Waals surface area contributed by atoms with Gasteiger partial charge in [0.15, 0.2) is 0 Å². The van der Waals surface area contributed by atoms with Gasteiger partial charge < -0.3 is 5.32 Å². The summed E-state index contributed by atoms with van der Waals surface area (Å²) in [6, 6.07) is 10.5. The van der Waals surface area contributed by atoms with Crippen LogP contribution in [0.2, 0.25) is 5.02 Å². The number of rotatable bonds is 5. The number of para-hydroxylation sites is 1. The number of hydrogen-bond acceptors (Lipinski definition) is 3. The van der Waals surface area contributed by atoms with Crippen LogP contribution in [0.3, 0.4) is 0 Å². The summed E-state index contributed by atoms with van der Waals surface area (Å²) < 4.78 is 26.7. The minimum absolute atomic E-state index is 0.196. The lowest BCUT2D eigenvalue weighted by Gasteiger charge is -2.34. The van der Waals surface area contributed by atoms with Gasteiger partial charge >= 0.3 is 0 Å². The summed E-state index contributed by atoms with van der Waals surface area (Å²) in [6.45, 7) is 3.88. The van der Waals surface area contributed by atoms with Crippen LogP contribution in [0.1, 0.15) is 5.56 Å². The fourth-order valence-electron chi connectivity index (χ4n) is 2.95. The van der Waals surface area contributed by atoms with Crippen molar-refractivity contribution in [3.63, 3.8) is 0 Å². The number of anilines is 1. The van der Waals surface area contributed by atoms with E-state index in [1.165, 1.54) is 24.3 Å². The Balaban J connectivity index is 1.46. The smallest absolute Gasteiger partial charge is 0.238 e. The van der Waals surface area contributed by atoms with E-state index >= 15 is 0 Å². The molecule has 0 aromatic heterocycles. The molecule has 0 unspecified atom stereocenters. The SMILES string of the molecule is O=C(CN1CCN(Cc2ccc(F)cc2Cl)CC1)Nc1ccccc1F. The number of nitrogens with one attached hydrogen (secondary N) is 1. The molecule has 1 heterocycles. The summed E-state index contributed by atoms with van der Waals surface area (Å²) >= 11 is 6.08. The summed E-state index contributed by atoms with van der Waals surface area (Å²) in [5, 5.41) is 3.03. The van der Waals surface area contributed by atoms with Crippen LogP contribution >= 0.6 is 11.6 Å². The normalized spacial score (nSPS) is 15.8. The number of nitrogens with zero attached hydrogens (tertiary/aromatic N) is 2. The Morgan fingerprint density at radius 3 is 2.42 bits per heavy atom. The Morgan fingerprint density at radius 1 is 1.04 bits per heavy atom. The third-order valence-corrected chi connectivity index (χ3v) is 4.74. The van der Waals surface area contributed by atoms with Gasteiger partial charge in [0.05, 0.1) is 12.2 Å². The first-order valence-corrected chi connectivity index (χ1v) is 8.82. The summed E-state index contributed by atoms with van der Waals surface area (Å²) in [7, 11) is 0. The second-order valence-corrected chi connectivity index (χ2v) is 6.72. The Hall–Kier alpha value is -2.02. The molecule has 2 aromatic rings. The molecular weight excluding hydrogens is 360 g/mol. The Labute approximate surface area is 156 Å². The van der Waals surface area contributed by atoms with Crippen molar-refractivity contribution < 1.29 is 13.6 Å². The zero-order chi connectivity index (χ0) is 18.5. The molecule has 1 fully saturated rings. The first kappa shape index (κ1) is 18.8. The quantitative estimate of drug-likeness (QED) is 0.865. The highest BCUT2D eigenvalue weighted by atomic mass is 35.5. The minimum Gasteiger partial charge on any atom is -0.322 e. The molecule has 0 saturated carbocycles. The molecule has 1 aliphatic heterocycles. The van der Waals surface area contributed by atoms with Crippen LogP contribution in [0, 0.1) is 11.6 Å². The number of hydrogen-bond donors (Lipinski definition) is 1. The molecule has 1 amide bonds. The maximum absolute atomic E-state index is 13.6. The molecule has 1 aliphatic rings. The van der Waals surface area contributed by atoms with E-state index < -0.39 is 5.82 Å². The standard InChI is InChI=1S/C19H20ClF2N3O/c20-16-11-15(21)6-5-14(16)12-24-7-9-25(10-8-24)13-19(26)23-18-4-2-1-3-17(18)22/h1-6,11H,7-10,12-13H2,(H,23,26). The molecular formula is C19H20ClF2N3O. The van der Waals surface area contributed by atoms with Gasteiger partial charge in [-0.3, -0.25) is 14.6 Å². The Bertz CT molecular complexity index is 779. The number of halogens is 3. The topological polar surface area (TPSA) is 35.6 Å². The van der Waals surface area contributed by atoms with E-state index in [2.05, 4.69) is 10.2 Å². The second kappa shape index (κ2) is 8.58. The maximum Gasteiger partial charge on any atom is 0.238 e. The lowest BCUT2D eigenvalue weighted by atomic mass is 10.2. The molecule has 0 spiro atoms. The van der Waals surface area contributed by atoms with E-state index in [4.69, 9.17) is 11.6 Å². The molecule has 1 N–H and O–H groups in total. The van der Waals surface area contributed by atoms with Gasteiger partial charge in [0, 0.05) is 37.7 Å². The van der Waals surface area contributed by atoms with Crippen LogP contribution < -0.4 is 5.32 Å². The minimum atomic E-state index is -0.443. The van der Waals surface area contributed by atoms with Crippen molar-refractivity contribution >= 4 is 23.2 Å². The third kappa shape index (κ3) is 5.00. The highest BCUT2D eigenvalue weighted by Gasteiger charge is 2.20. The van der Waals surface area contributed by atoms with Crippen LogP contribution in [0.5, 0.6) is 0 Å². The first-order valence-electron chi connectivity index (χ1n) is 8.44. The Kier molecular flexibility index (Phi) is 6.19. The molecule has 138 valence electrons. The van der Waals surface area contributed by atoms with E-state index in [9.17, 15) is 13.6 Å². The van der Waals surface area contributed by atoms with Gasteiger partial charge in [-0.2, -0.15) is 0 Å². The second-order valence-electron chi connectivity index (χ2n) is 6.32. The van der Waals surface area contributed by atoms with Crippen LogP contribution in [0.15, 0.2) is 42.5 Å². The van der Waals surface area contributed by atoms with Gasteiger partial charge in [0.2, 0.25) is 5.91 Å². The Morgan fingerprint density at radius 2 is 1.73 bits per heavy atom. The number of carbonyl (C=O) groups is 1. The van der Waals surface area contributed by atoms with Crippen molar-refractivity contribution in [1.82, 2.24) is 9.80 Å². The molecule has 0 aliphatic carbocycles. The summed E-state index contributed by atoms with van der Waals surface area (Å²) in [6.07, 6.45) is 0. The lowest BCUT2D eigenvalue weighted by molar-refractivity contribution is -0.117. The van der Waals surface area contributed by atoms with Gasteiger partial charge in [0.1, 0.15) is 11.6 Å². The van der Waals surface area contributed by atoms with E-state index in [-0.39, 0.29) is 24.0 Å². The molecule has 0 bridgehead atoms. The lowest BCUT2D eigenvalue weighted by Crippen LogP contribution is -2.48. The van der Waals surface area contributed by atoms with Gasteiger partial charge in [-0.25, -0.2) is 8.78 Å². The highest BCUT2D eigenvalue weighted by Crippen LogP contribution is 2.20. The molecule has 3 rings (SSSR count). The number of benzene rings is 2. The maximum atomic E-state index is 13.6. The number of carbonyl (C=O) groups excluding carboxylic acids is 1. The van der Waals surface area contributed by atoms with Crippen molar-refractivity contribution in [2.45, 2.75) is 6.54 Å². The van der Waals surface area contributed by atoms with E-state index in [0.29, 0.717) is 11.6 Å². The van der Waals surface area contributed by atoms with Crippen molar-refractivity contribution in [3.8, 4) is 0 Å². The monoisotopic (exact) mass is 379 g/mol. The van der Waals surface area contributed by atoms with Gasteiger partial charge in [-0.1, -0.05) is 29.8 Å². The fourth-order valence-corrected chi connectivity index (χ4v) is 3.18. The molecule has 26 heavy (non-hydrogen) atoms. The fraction of sp³-hybridized carbons (Fsp3) is 0.316. The third-order valence-electron chi connectivity index (χ3n) is 4.39. The largest absolute Gasteiger partial charge is 0.322 e. The first-order chi connectivity index (χ1) is 12.5. The van der Waals surface area contributed by atoms with Crippen molar-refractivity contribution in [2.24, 2.45) is 0 Å². The molecule has 0 radical (unpaired) electrons. The predicted molar refractivity (Wildman–Crippen MR) is 98.2 cm³/mol. The van der Waals surface area contributed by atoms with Crippen LogP contribution in [-0.2, 0) is 11.3 Å². The van der Waals surface area contributed by atoms with Crippen molar-refractivity contribution in [2.75, 3.05) is 38.0 Å². The van der Waals surface area contributed by atoms with Crippen LogP contribution in [0.25, 0.3) is 0 Å².